The maximum atomic E-state index is 6.34. The van der Waals surface area contributed by atoms with Gasteiger partial charge in [0, 0.05) is 0 Å². The highest BCUT2D eigenvalue weighted by Crippen LogP contribution is 2.19. The van der Waals surface area contributed by atoms with Crippen molar-refractivity contribution in [3.63, 3.8) is 0 Å². The molecule has 0 unspecified atom stereocenters. The monoisotopic (exact) mass is 699 g/mol. The van der Waals surface area contributed by atoms with Gasteiger partial charge in [-0.15, -0.1) is 0 Å². The molecule has 51 heavy (non-hydrogen) atoms. The molecular weight excluding hydrogens is 617 g/mol. The summed E-state index contributed by atoms with van der Waals surface area (Å²) >= 11 is 0. The minimum absolute atomic E-state index is 0.713. The average Bonchev–Trinajstić information content (AvgIpc) is 3.15. The van der Waals surface area contributed by atoms with Crippen LogP contribution in [0.2, 0.25) is 0 Å². The third-order valence-corrected chi connectivity index (χ3v) is 10.7. The third kappa shape index (κ3) is 26.3. The summed E-state index contributed by atoms with van der Waals surface area (Å²) in [6.45, 7) is 6.01. The molecule has 0 atom stereocenters. The molecule has 0 saturated heterocycles. The van der Waals surface area contributed by atoms with Gasteiger partial charge in [-0.2, -0.15) is 0 Å². The van der Waals surface area contributed by atoms with Gasteiger partial charge in [0.15, 0.2) is 0 Å². The van der Waals surface area contributed by atoms with Crippen LogP contribution in [0.15, 0.2) is 72.8 Å². The first kappa shape index (κ1) is 45.0. The maximum Gasteiger partial charge on any atom is 0.0724 e. The summed E-state index contributed by atoms with van der Waals surface area (Å²) in [5.41, 5.74) is 5.70. The van der Waals surface area contributed by atoms with E-state index in [9.17, 15) is 0 Å². The number of benzene rings is 2. The molecule has 0 saturated carbocycles. The van der Waals surface area contributed by atoms with Crippen LogP contribution in [0.3, 0.4) is 0 Å². The van der Waals surface area contributed by atoms with Gasteiger partial charge in [0.2, 0.25) is 0 Å². The summed E-state index contributed by atoms with van der Waals surface area (Å²) in [5.74, 6) is 0. The van der Waals surface area contributed by atoms with Gasteiger partial charge in [0.1, 0.15) is 0 Å². The van der Waals surface area contributed by atoms with Crippen molar-refractivity contribution in [3.05, 3.63) is 95.1 Å². The molecule has 0 aliphatic rings. The van der Waals surface area contributed by atoms with E-state index in [0.29, 0.717) is 13.2 Å². The summed E-state index contributed by atoms with van der Waals surface area (Å²) in [6.07, 6.45) is 50.2. The summed E-state index contributed by atoms with van der Waals surface area (Å²) in [7, 11) is 0. The second kappa shape index (κ2) is 34.9. The second-order valence-electron chi connectivity index (χ2n) is 15.4. The van der Waals surface area contributed by atoms with E-state index in [4.69, 9.17) is 4.74 Å². The molecule has 0 bridgehead atoms. The van der Waals surface area contributed by atoms with Gasteiger partial charge in [-0.1, -0.05) is 202 Å². The number of hydrogen-bond donors (Lipinski definition) is 0. The molecule has 0 fully saturated rings. The highest BCUT2D eigenvalue weighted by atomic mass is 16.5. The SMILES string of the molecule is CCCCCCCC/C=C\CCCCCCCCc1ccccc1COCc1ccccc1CCCCCCCC/C=C\CCCCCCCC. The van der Waals surface area contributed by atoms with Crippen LogP contribution in [0.25, 0.3) is 0 Å². The molecule has 2 aromatic carbocycles. The van der Waals surface area contributed by atoms with E-state index in [1.807, 2.05) is 0 Å². The molecule has 0 radical (unpaired) electrons. The smallest absolute Gasteiger partial charge is 0.0724 e. The summed E-state index contributed by atoms with van der Waals surface area (Å²) < 4.78 is 6.34. The highest BCUT2D eigenvalue weighted by molar-refractivity contribution is 5.28. The third-order valence-electron chi connectivity index (χ3n) is 10.7. The quantitative estimate of drug-likeness (QED) is 0.0508. The van der Waals surface area contributed by atoms with Crippen molar-refractivity contribution in [1.29, 1.82) is 0 Å². The fourth-order valence-corrected chi connectivity index (χ4v) is 7.28. The zero-order chi connectivity index (χ0) is 36.1. The number of unbranched alkanes of at least 4 members (excludes halogenated alkanes) is 24. The lowest BCUT2D eigenvalue weighted by molar-refractivity contribution is 0.106. The van der Waals surface area contributed by atoms with E-state index in [2.05, 4.69) is 86.7 Å². The molecule has 2 aromatic rings. The number of allylic oxidation sites excluding steroid dienone is 4. The molecule has 1 heteroatoms. The first-order valence-electron chi connectivity index (χ1n) is 22.4. The van der Waals surface area contributed by atoms with Crippen LogP contribution in [0.5, 0.6) is 0 Å². The van der Waals surface area contributed by atoms with Gasteiger partial charge in [0.05, 0.1) is 13.2 Å². The highest BCUT2D eigenvalue weighted by Gasteiger charge is 2.06. The maximum absolute atomic E-state index is 6.34. The van der Waals surface area contributed by atoms with Crippen molar-refractivity contribution in [2.75, 3.05) is 0 Å². The van der Waals surface area contributed by atoms with E-state index in [0.717, 1.165) is 0 Å². The zero-order valence-corrected chi connectivity index (χ0v) is 34.0. The van der Waals surface area contributed by atoms with Crippen molar-refractivity contribution in [2.24, 2.45) is 0 Å². The largest absolute Gasteiger partial charge is 0.372 e. The van der Waals surface area contributed by atoms with Gasteiger partial charge >= 0.3 is 0 Å². The van der Waals surface area contributed by atoms with E-state index in [-0.39, 0.29) is 0 Å². The summed E-state index contributed by atoms with van der Waals surface area (Å²) in [6, 6.07) is 17.9. The Balaban J connectivity index is 1.50. The normalized spacial score (nSPS) is 11.8. The Kier molecular flexibility index (Phi) is 30.9. The Bertz CT molecular complexity index is 995. The molecule has 2 rings (SSSR count). The number of hydrogen-bond acceptors (Lipinski definition) is 1. The lowest BCUT2D eigenvalue weighted by atomic mass is 10.00. The van der Waals surface area contributed by atoms with Crippen LogP contribution in [0.4, 0.5) is 0 Å². The minimum Gasteiger partial charge on any atom is -0.372 e. The summed E-state index contributed by atoms with van der Waals surface area (Å²) in [5, 5.41) is 0. The number of ether oxygens (including phenoxy) is 1. The molecular formula is C50H82O. The molecule has 0 aromatic heterocycles. The van der Waals surface area contributed by atoms with Gasteiger partial charge < -0.3 is 4.74 Å². The van der Waals surface area contributed by atoms with Crippen molar-refractivity contribution in [2.45, 2.75) is 220 Å². The fraction of sp³-hybridized carbons (Fsp3) is 0.680. The number of aryl methyl sites for hydroxylation is 2. The van der Waals surface area contributed by atoms with Crippen LogP contribution in [-0.2, 0) is 30.8 Å². The fourth-order valence-electron chi connectivity index (χ4n) is 7.28. The second-order valence-corrected chi connectivity index (χ2v) is 15.4. The molecule has 0 amide bonds. The van der Waals surface area contributed by atoms with Crippen molar-refractivity contribution >= 4 is 0 Å². The lowest BCUT2D eigenvalue weighted by Gasteiger charge is -2.13. The predicted molar refractivity (Wildman–Crippen MR) is 228 cm³/mol. The Morgan fingerprint density at radius 1 is 0.333 bits per heavy atom. The molecule has 0 aliphatic carbocycles. The topological polar surface area (TPSA) is 9.23 Å². The Morgan fingerprint density at radius 3 is 0.941 bits per heavy atom. The molecule has 1 nitrogen and oxygen atoms in total. The van der Waals surface area contributed by atoms with Crippen LogP contribution in [0.1, 0.15) is 216 Å². The van der Waals surface area contributed by atoms with Crippen molar-refractivity contribution in [3.8, 4) is 0 Å². The molecule has 288 valence electrons. The zero-order valence-electron chi connectivity index (χ0n) is 34.0. The minimum atomic E-state index is 0.713. The Morgan fingerprint density at radius 2 is 0.608 bits per heavy atom. The van der Waals surface area contributed by atoms with Gasteiger partial charge in [-0.3, -0.25) is 0 Å². The van der Waals surface area contributed by atoms with Crippen LogP contribution in [-0.4, -0.2) is 0 Å². The van der Waals surface area contributed by atoms with Gasteiger partial charge in [0.25, 0.3) is 0 Å². The van der Waals surface area contributed by atoms with E-state index in [1.165, 1.54) is 215 Å². The Hall–Kier alpha value is -2.12. The first-order chi connectivity index (χ1) is 25.3. The molecule has 0 heterocycles. The van der Waals surface area contributed by atoms with Crippen LogP contribution in [0, 0.1) is 0 Å². The number of rotatable bonds is 36. The average molecular weight is 699 g/mol. The van der Waals surface area contributed by atoms with E-state index >= 15 is 0 Å². The van der Waals surface area contributed by atoms with Crippen LogP contribution >= 0.6 is 0 Å². The van der Waals surface area contributed by atoms with E-state index in [1.54, 1.807) is 0 Å². The van der Waals surface area contributed by atoms with Gasteiger partial charge in [-0.05, 0) is 99.3 Å². The predicted octanol–water partition coefficient (Wildman–Crippen LogP) is 16.6. The Labute approximate surface area is 318 Å². The molecule has 0 N–H and O–H groups in total. The lowest BCUT2D eigenvalue weighted by Crippen LogP contribution is -2.01. The standard InChI is InChI=1S/C50H82O/c1-3-5-7-9-11-13-15-17-19-21-23-25-27-29-31-33-39-47-41-35-37-43-49(47)45-51-46-50-44-38-36-42-48(50)40-34-32-30-28-26-24-22-20-18-16-14-12-10-8-6-4-2/h17-20,35-38,41-44H,3-16,21-34,39-40,45-46H2,1-2H3/b19-17-,20-18-. The van der Waals surface area contributed by atoms with Crippen molar-refractivity contribution in [1.82, 2.24) is 0 Å². The summed E-state index contributed by atoms with van der Waals surface area (Å²) in [4.78, 5) is 0. The van der Waals surface area contributed by atoms with Crippen molar-refractivity contribution < 1.29 is 4.74 Å². The first-order valence-corrected chi connectivity index (χ1v) is 22.4. The van der Waals surface area contributed by atoms with Gasteiger partial charge in [-0.25, -0.2) is 0 Å². The molecule has 0 aliphatic heterocycles. The van der Waals surface area contributed by atoms with E-state index < -0.39 is 0 Å². The van der Waals surface area contributed by atoms with Crippen LogP contribution < -0.4 is 0 Å². The molecule has 0 spiro atoms.